The van der Waals surface area contributed by atoms with E-state index in [-0.39, 0.29) is 5.91 Å². The van der Waals surface area contributed by atoms with Crippen molar-refractivity contribution in [1.29, 1.82) is 0 Å². The maximum atomic E-state index is 13.3. The Morgan fingerprint density at radius 1 is 1.12 bits per heavy atom. The Balaban J connectivity index is 2.11. The third-order valence-corrected chi connectivity index (χ3v) is 4.88. The van der Waals surface area contributed by atoms with Crippen molar-refractivity contribution >= 4 is 5.91 Å². The van der Waals surface area contributed by atoms with E-state index in [0.29, 0.717) is 26.3 Å². The fraction of sp³-hybridized carbons (Fsp3) is 0.524. The average Bonchev–Trinajstić information content (AvgIpc) is 3.01. The number of rotatable bonds is 6. The van der Waals surface area contributed by atoms with Crippen LogP contribution in [-0.2, 0) is 17.6 Å². The molecule has 3 rings (SSSR count). The third-order valence-electron chi connectivity index (χ3n) is 4.88. The summed E-state index contributed by atoms with van der Waals surface area (Å²) in [6.07, 6.45) is 3.61. The van der Waals surface area contributed by atoms with Crippen LogP contribution in [0.1, 0.15) is 54.0 Å². The van der Waals surface area contributed by atoms with Gasteiger partial charge in [0.1, 0.15) is 0 Å². The van der Waals surface area contributed by atoms with E-state index in [9.17, 15) is 4.79 Å². The van der Waals surface area contributed by atoms with Crippen molar-refractivity contribution in [2.45, 2.75) is 46.5 Å². The molecule has 0 atom stereocenters. The normalized spacial score (nSPS) is 14.7. The molecule has 2 aromatic rings. The van der Waals surface area contributed by atoms with E-state index in [1.165, 1.54) is 5.56 Å². The van der Waals surface area contributed by atoms with Crippen LogP contribution in [0.2, 0.25) is 0 Å². The highest BCUT2D eigenvalue weighted by Crippen LogP contribution is 2.25. The molecule has 2 heterocycles. The van der Waals surface area contributed by atoms with Crippen LogP contribution in [0.25, 0.3) is 5.69 Å². The molecule has 0 spiro atoms. The molecule has 0 bridgehead atoms. The number of hydrogen-bond donors (Lipinski definition) is 0. The van der Waals surface area contributed by atoms with Crippen molar-refractivity contribution in [2.24, 2.45) is 0 Å². The van der Waals surface area contributed by atoms with Crippen LogP contribution in [0.3, 0.4) is 0 Å². The number of aryl methyl sites for hydroxylation is 2. The van der Waals surface area contributed by atoms with Crippen LogP contribution in [0, 0.1) is 6.92 Å². The lowest BCUT2D eigenvalue weighted by atomic mass is 10.0. The summed E-state index contributed by atoms with van der Waals surface area (Å²) < 4.78 is 7.43. The summed E-state index contributed by atoms with van der Waals surface area (Å²) >= 11 is 0. The number of aromatic nitrogens is 2. The molecule has 5 nitrogen and oxygen atoms in total. The van der Waals surface area contributed by atoms with E-state index in [2.05, 4.69) is 32.9 Å². The summed E-state index contributed by atoms with van der Waals surface area (Å²) in [6, 6.07) is 8.24. The van der Waals surface area contributed by atoms with Gasteiger partial charge in [-0.25, -0.2) is 4.68 Å². The largest absolute Gasteiger partial charge is 0.378 e. The van der Waals surface area contributed by atoms with Gasteiger partial charge in [0.05, 0.1) is 35.9 Å². The topological polar surface area (TPSA) is 47.4 Å². The fourth-order valence-corrected chi connectivity index (χ4v) is 3.55. The maximum absolute atomic E-state index is 13.3. The number of para-hydroxylation sites is 1. The summed E-state index contributed by atoms with van der Waals surface area (Å²) in [6.45, 7) is 8.92. The van der Waals surface area contributed by atoms with E-state index in [1.54, 1.807) is 0 Å². The van der Waals surface area contributed by atoms with Crippen molar-refractivity contribution in [3.05, 3.63) is 46.8 Å². The zero-order valence-electron chi connectivity index (χ0n) is 16.1. The van der Waals surface area contributed by atoms with Crippen LogP contribution in [-0.4, -0.2) is 46.9 Å². The molecule has 1 aromatic heterocycles. The number of morpholine rings is 1. The fourth-order valence-electron chi connectivity index (χ4n) is 3.55. The molecule has 0 radical (unpaired) electrons. The Morgan fingerprint density at radius 2 is 1.81 bits per heavy atom. The van der Waals surface area contributed by atoms with Crippen molar-refractivity contribution in [2.75, 3.05) is 26.3 Å². The summed E-state index contributed by atoms with van der Waals surface area (Å²) in [5.41, 5.74) is 5.02. The van der Waals surface area contributed by atoms with Gasteiger partial charge in [0, 0.05) is 13.1 Å². The summed E-state index contributed by atoms with van der Waals surface area (Å²) in [4.78, 5) is 15.3. The molecule has 0 N–H and O–H groups in total. The molecule has 0 unspecified atom stereocenters. The van der Waals surface area contributed by atoms with Crippen LogP contribution in [0.15, 0.2) is 24.3 Å². The number of carbonyl (C=O) groups excluding carboxylic acids is 1. The number of nitrogens with zero attached hydrogens (tertiary/aromatic N) is 3. The first-order chi connectivity index (χ1) is 12.7. The zero-order valence-corrected chi connectivity index (χ0v) is 16.1. The summed E-state index contributed by atoms with van der Waals surface area (Å²) in [7, 11) is 0. The molecular formula is C21H29N3O2. The van der Waals surface area contributed by atoms with Gasteiger partial charge in [-0.1, -0.05) is 44.9 Å². The Hall–Kier alpha value is -2.14. The van der Waals surface area contributed by atoms with Gasteiger partial charge in [-0.3, -0.25) is 4.79 Å². The van der Waals surface area contributed by atoms with Crippen LogP contribution >= 0.6 is 0 Å². The van der Waals surface area contributed by atoms with Crippen LogP contribution in [0.5, 0.6) is 0 Å². The molecule has 1 aliphatic rings. The lowest BCUT2D eigenvalue weighted by Crippen LogP contribution is -2.41. The van der Waals surface area contributed by atoms with Crippen molar-refractivity contribution in [3.63, 3.8) is 0 Å². The van der Waals surface area contributed by atoms with E-state index >= 15 is 0 Å². The second-order valence-corrected chi connectivity index (χ2v) is 6.87. The molecule has 1 saturated heterocycles. The number of amides is 1. The van der Waals surface area contributed by atoms with E-state index in [0.717, 1.165) is 48.3 Å². The van der Waals surface area contributed by atoms with Crippen molar-refractivity contribution in [3.8, 4) is 5.69 Å². The Bertz CT molecular complexity index is 761. The third kappa shape index (κ3) is 3.68. The molecule has 0 saturated carbocycles. The van der Waals surface area contributed by atoms with Gasteiger partial charge in [-0.2, -0.15) is 5.10 Å². The minimum Gasteiger partial charge on any atom is -0.378 e. The monoisotopic (exact) mass is 355 g/mol. The minimum atomic E-state index is 0.111. The minimum absolute atomic E-state index is 0.111. The maximum Gasteiger partial charge on any atom is 0.257 e. The Morgan fingerprint density at radius 3 is 2.46 bits per heavy atom. The summed E-state index contributed by atoms with van der Waals surface area (Å²) in [5.74, 6) is 0.111. The predicted octanol–water partition coefficient (Wildman–Crippen LogP) is 3.56. The van der Waals surface area contributed by atoms with Crippen molar-refractivity contribution < 1.29 is 9.53 Å². The van der Waals surface area contributed by atoms with Gasteiger partial charge >= 0.3 is 0 Å². The number of ether oxygens (including phenoxy) is 1. The van der Waals surface area contributed by atoms with Crippen LogP contribution in [0.4, 0.5) is 0 Å². The molecule has 5 heteroatoms. The SMILES string of the molecule is CCCc1nn(-c2ccccc2C)c(CCC)c1C(=O)N1CCOCC1. The van der Waals surface area contributed by atoms with Crippen molar-refractivity contribution in [1.82, 2.24) is 14.7 Å². The molecule has 1 aromatic carbocycles. The van der Waals surface area contributed by atoms with E-state index < -0.39 is 0 Å². The smallest absolute Gasteiger partial charge is 0.257 e. The second kappa shape index (κ2) is 8.49. The highest BCUT2D eigenvalue weighted by atomic mass is 16.5. The first kappa shape index (κ1) is 18.6. The van der Waals surface area contributed by atoms with Gasteiger partial charge in [-0.15, -0.1) is 0 Å². The first-order valence-electron chi connectivity index (χ1n) is 9.71. The predicted molar refractivity (Wildman–Crippen MR) is 103 cm³/mol. The standard InChI is InChI=1S/C21H29N3O2/c1-4-8-17-20(21(25)23-12-14-26-15-13-23)19(9-5-2)24(22-17)18-11-7-6-10-16(18)3/h6-7,10-11H,4-5,8-9,12-15H2,1-3H3. The van der Waals surface area contributed by atoms with Gasteiger partial charge < -0.3 is 9.64 Å². The Kier molecular flexibility index (Phi) is 6.09. The lowest BCUT2D eigenvalue weighted by molar-refractivity contribution is 0.0301. The number of carbonyl (C=O) groups is 1. The van der Waals surface area contributed by atoms with E-state index in [1.807, 2.05) is 21.7 Å². The van der Waals surface area contributed by atoms with E-state index in [4.69, 9.17) is 9.84 Å². The van der Waals surface area contributed by atoms with Gasteiger partial charge in [0.15, 0.2) is 0 Å². The van der Waals surface area contributed by atoms with Gasteiger partial charge in [0.25, 0.3) is 5.91 Å². The highest BCUT2D eigenvalue weighted by molar-refractivity contribution is 5.97. The van der Waals surface area contributed by atoms with Gasteiger partial charge in [-0.05, 0) is 31.4 Å². The number of benzene rings is 1. The molecule has 0 aliphatic carbocycles. The van der Waals surface area contributed by atoms with Crippen LogP contribution < -0.4 is 0 Å². The molecule has 26 heavy (non-hydrogen) atoms. The molecule has 140 valence electrons. The van der Waals surface area contributed by atoms with Gasteiger partial charge in [0.2, 0.25) is 0 Å². The Labute approximate surface area is 156 Å². The summed E-state index contributed by atoms with van der Waals surface area (Å²) in [5, 5.41) is 4.90. The molecular weight excluding hydrogens is 326 g/mol. The molecule has 1 fully saturated rings. The second-order valence-electron chi connectivity index (χ2n) is 6.87. The first-order valence-corrected chi connectivity index (χ1v) is 9.71. The lowest BCUT2D eigenvalue weighted by Gasteiger charge is -2.27. The zero-order chi connectivity index (χ0) is 18.5. The quantitative estimate of drug-likeness (QED) is 0.796. The molecule has 1 amide bonds. The number of hydrogen-bond acceptors (Lipinski definition) is 3. The molecule has 1 aliphatic heterocycles. The highest BCUT2D eigenvalue weighted by Gasteiger charge is 2.28. The average molecular weight is 355 g/mol.